The van der Waals surface area contributed by atoms with E-state index in [4.69, 9.17) is 9.47 Å². The van der Waals surface area contributed by atoms with Crippen LogP contribution in [0.3, 0.4) is 0 Å². The number of rotatable bonds is 4. The molecule has 0 saturated heterocycles. The van der Waals surface area contributed by atoms with E-state index in [9.17, 15) is 14.7 Å². The highest BCUT2D eigenvalue weighted by molar-refractivity contribution is 6.00. The van der Waals surface area contributed by atoms with E-state index in [0.717, 1.165) is 0 Å². The molecule has 1 aliphatic heterocycles. The van der Waals surface area contributed by atoms with E-state index >= 15 is 0 Å². The summed E-state index contributed by atoms with van der Waals surface area (Å²) in [4.78, 5) is 26.3. The minimum absolute atomic E-state index is 0.219. The highest BCUT2D eigenvalue weighted by Crippen LogP contribution is 2.46. The van der Waals surface area contributed by atoms with Crippen molar-refractivity contribution in [3.8, 4) is 11.5 Å². The Balaban J connectivity index is 2.25. The van der Waals surface area contributed by atoms with Crippen LogP contribution in [0.5, 0.6) is 11.5 Å². The van der Waals surface area contributed by atoms with E-state index in [-0.39, 0.29) is 5.91 Å². The number of nitrogens with zero attached hydrogens (tertiary/aromatic N) is 1. The molecular weight excluding hydrogens is 322 g/mol. The summed E-state index contributed by atoms with van der Waals surface area (Å²) in [6, 6.07) is 11.4. The quantitative estimate of drug-likeness (QED) is 0.925. The fourth-order valence-corrected chi connectivity index (χ4v) is 3.47. The SMILES string of the molecule is COc1cccc([C@H]2[C@H](C(=O)O)c3ccccc3C(=O)N2C)c1OC. The first-order valence-corrected chi connectivity index (χ1v) is 7.81. The summed E-state index contributed by atoms with van der Waals surface area (Å²) in [7, 11) is 4.62. The van der Waals surface area contributed by atoms with Crippen molar-refractivity contribution in [1.29, 1.82) is 0 Å². The summed E-state index contributed by atoms with van der Waals surface area (Å²) in [5.41, 5.74) is 1.52. The number of carbonyl (C=O) groups is 2. The van der Waals surface area contributed by atoms with E-state index in [2.05, 4.69) is 0 Å². The summed E-state index contributed by atoms with van der Waals surface area (Å²) in [5, 5.41) is 9.90. The molecular formula is C19H19NO5. The molecule has 6 heteroatoms. The maximum Gasteiger partial charge on any atom is 0.313 e. The number of carboxylic acids is 1. The third kappa shape index (κ3) is 2.59. The van der Waals surface area contributed by atoms with Crippen molar-refractivity contribution in [1.82, 2.24) is 4.90 Å². The molecule has 25 heavy (non-hydrogen) atoms. The van der Waals surface area contributed by atoms with Crippen LogP contribution in [0.2, 0.25) is 0 Å². The van der Waals surface area contributed by atoms with Crippen LogP contribution in [0.25, 0.3) is 0 Å². The number of para-hydroxylation sites is 1. The molecule has 2 aromatic rings. The fourth-order valence-electron chi connectivity index (χ4n) is 3.47. The normalized spacial score (nSPS) is 19.3. The third-order valence-electron chi connectivity index (χ3n) is 4.60. The molecule has 6 nitrogen and oxygen atoms in total. The van der Waals surface area contributed by atoms with E-state index in [1.165, 1.54) is 19.1 Å². The van der Waals surface area contributed by atoms with Crippen LogP contribution < -0.4 is 9.47 Å². The minimum atomic E-state index is -0.998. The number of benzene rings is 2. The molecule has 0 aromatic heterocycles. The lowest BCUT2D eigenvalue weighted by atomic mass is 9.79. The molecule has 0 fully saturated rings. The average Bonchev–Trinajstić information content (AvgIpc) is 2.63. The fraction of sp³-hybridized carbons (Fsp3) is 0.263. The Labute approximate surface area is 145 Å². The first-order chi connectivity index (χ1) is 12.0. The van der Waals surface area contributed by atoms with Crippen molar-refractivity contribution in [3.63, 3.8) is 0 Å². The molecule has 0 unspecified atom stereocenters. The number of likely N-dealkylation sites (N-methyl/N-ethyl adjacent to an activating group) is 1. The summed E-state index contributed by atoms with van der Waals surface area (Å²) >= 11 is 0. The highest BCUT2D eigenvalue weighted by atomic mass is 16.5. The zero-order valence-corrected chi connectivity index (χ0v) is 14.2. The number of methoxy groups -OCH3 is 2. The van der Waals surface area contributed by atoms with Crippen molar-refractivity contribution in [2.45, 2.75) is 12.0 Å². The summed E-state index contributed by atoms with van der Waals surface area (Å²) in [6.45, 7) is 0. The molecule has 0 spiro atoms. The van der Waals surface area contributed by atoms with Gasteiger partial charge in [-0.15, -0.1) is 0 Å². The van der Waals surface area contributed by atoms with Crippen LogP contribution >= 0.6 is 0 Å². The predicted octanol–water partition coefficient (Wildman–Crippen LogP) is 2.70. The number of carboxylic acid groups (broad SMARTS) is 1. The Bertz CT molecular complexity index is 832. The van der Waals surface area contributed by atoms with Gasteiger partial charge in [-0.2, -0.15) is 0 Å². The van der Waals surface area contributed by atoms with Crippen LogP contribution in [0.15, 0.2) is 42.5 Å². The van der Waals surface area contributed by atoms with Crippen LogP contribution in [0, 0.1) is 0 Å². The van der Waals surface area contributed by atoms with Gasteiger partial charge in [0.15, 0.2) is 11.5 Å². The first-order valence-electron chi connectivity index (χ1n) is 7.81. The molecule has 0 bridgehead atoms. The van der Waals surface area contributed by atoms with Crippen LogP contribution in [-0.2, 0) is 4.79 Å². The molecule has 1 amide bonds. The van der Waals surface area contributed by atoms with Crippen molar-refractivity contribution in [3.05, 3.63) is 59.2 Å². The standard InChI is InChI=1S/C19H19NO5/c1-20-16(13-9-6-10-14(24-2)17(13)25-3)15(19(22)23)11-7-4-5-8-12(11)18(20)21/h4-10,15-16H,1-3H3,(H,22,23)/t15-,16+/m1/s1. The molecule has 1 aliphatic rings. The van der Waals surface area contributed by atoms with E-state index in [1.54, 1.807) is 49.5 Å². The van der Waals surface area contributed by atoms with Gasteiger partial charge in [0.25, 0.3) is 5.91 Å². The zero-order valence-electron chi connectivity index (χ0n) is 14.2. The topological polar surface area (TPSA) is 76.1 Å². The van der Waals surface area contributed by atoms with Gasteiger partial charge in [0.2, 0.25) is 0 Å². The Morgan fingerprint density at radius 1 is 1.04 bits per heavy atom. The minimum Gasteiger partial charge on any atom is -0.493 e. The van der Waals surface area contributed by atoms with Gasteiger partial charge in [0.1, 0.15) is 5.92 Å². The zero-order chi connectivity index (χ0) is 18.1. The molecule has 130 valence electrons. The Hall–Kier alpha value is -3.02. The van der Waals surface area contributed by atoms with Gasteiger partial charge in [-0.05, 0) is 17.7 Å². The molecule has 3 rings (SSSR count). The second kappa shape index (κ2) is 6.47. The number of hydrogen-bond donors (Lipinski definition) is 1. The van der Waals surface area contributed by atoms with Crippen LogP contribution in [-0.4, -0.2) is 43.2 Å². The molecule has 2 aromatic carbocycles. The molecule has 1 N–H and O–H groups in total. The maximum absolute atomic E-state index is 12.8. The van der Waals surface area contributed by atoms with Gasteiger partial charge in [-0.1, -0.05) is 30.3 Å². The number of aliphatic carboxylic acids is 1. The van der Waals surface area contributed by atoms with E-state index in [1.807, 2.05) is 0 Å². The average molecular weight is 341 g/mol. The lowest BCUT2D eigenvalue weighted by molar-refractivity contribution is -0.140. The van der Waals surface area contributed by atoms with E-state index in [0.29, 0.717) is 28.2 Å². The van der Waals surface area contributed by atoms with Crippen LogP contribution in [0.1, 0.15) is 33.4 Å². The second-order valence-electron chi connectivity index (χ2n) is 5.85. The molecule has 1 heterocycles. The number of ether oxygens (including phenoxy) is 2. The van der Waals surface area contributed by atoms with Crippen molar-refractivity contribution in [2.24, 2.45) is 0 Å². The molecule has 0 radical (unpaired) electrons. The Kier molecular flexibility index (Phi) is 4.35. The van der Waals surface area contributed by atoms with Gasteiger partial charge >= 0.3 is 5.97 Å². The summed E-state index contributed by atoms with van der Waals surface area (Å²) in [6.07, 6.45) is 0. The maximum atomic E-state index is 12.8. The van der Waals surface area contributed by atoms with Crippen molar-refractivity contribution < 1.29 is 24.2 Å². The van der Waals surface area contributed by atoms with E-state index < -0.39 is 17.9 Å². The van der Waals surface area contributed by atoms with Gasteiger partial charge < -0.3 is 19.5 Å². The lowest BCUT2D eigenvalue weighted by Gasteiger charge is -2.39. The number of amides is 1. The lowest BCUT2D eigenvalue weighted by Crippen LogP contribution is -2.42. The Morgan fingerprint density at radius 3 is 2.36 bits per heavy atom. The van der Waals surface area contributed by atoms with Gasteiger partial charge in [-0.3, -0.25) is 9.59 Å². The third-order valence-corrected chi connectivity index (χ3v) is 4.60. The number of fused-ring (bicyclic) bond motifs is 1. The highest BCUT2D eigenvalue weighted by Gasteiger charge is 2.44. The monoisotopic (exact) mass is 341 g/mol. The molecule has 0 saturated carbocycles. The van der Waals surface area contributed by atoms with Gasteiger partial charge in [0.05, 0.1) is 20.3 Å². The number of carbonyl (C=O) groups excluding carboxylic acids is 1. The van der Waals surface area contributed by atoms with Crippen molar-refractivity contribution in [2.75, 3.05) is 21.3 Å². The van der Waals surface area contributed by atoms with Crippen molar-refractivity contribution >= 4 is 11.9 Å². The number of hydrogen-bond acceptors (Lipinski definition) is 4. The Morgan fingerprint density at radius 2 is 1.72 bits per heavy atom. The van der Waals surface area contributed by atoms with Crippen LogP contribution in [0.4, 0.5) is 0 Å². The largest absolute Gasteiger partial charge is 0.493 e. The molecule has 2 atom stereocenters. The summed E-state index contributed by atoms with van der Waals surface area (Å²) in [5.74, 6) is -1.20. The molecule has 0 aliphatic carbocycles. The first kappa shape index (κ1) is 16.8. The van der Waals surface area contributed by atoms with Gasteiger partial charge in [0, 0.05) is 18.2 Å². The predicted molar refractivity (Wildman–Crippen MR) is 91.2 cm³/mol. The van der Waals surface area contributed by atoms with Gasteiger partial charge in [-0.25, -0.2) is 0 Å². The smallest absolute Gasteiger partial charge is 0.313 e. The second-order valence-corrected chi connectivity index (χ2v) is 5.85. The summed E-state index contributed by atoms with van der Waals surface area (Å²) < 4.78 is 10.8.